The molecule has 1 atom stereocenters. The number of para-hydroxylation sites is 2. The summed E-state index contributed by atoms with van der Waals surface area (Å²) >= 11 is 0. The fourth-order valence-corrected chi connectivity index (χ4v) is 4.55. The molecule has 3 aromatic rings. The van der Waals surface area contributed by atoms with Gasteiger partial charge in [0.25, 0.3) is 0 Å². The zero-order valence-corrected chi connectivity index (χ0v) is 16.7. The lowest BCUT2D eigenvalue weighted by Gasteiger charge is -2.25. The van der Waals surface area contributed by atoms with Crippen molar-refractivity contribution in [3.63, 3.8) is 0 Å². The maximum Gasteiger partial charge on any atom is 0.227 e. The Hall–Kier alpha value is -3.01. The van der Waals surface area contributed by atoms with Crippen LogP contribution in [0, 0.1) is 0 Å². The largest absolute Gasteiger partial charge is 0.593 e. The van der Waals surface area contributed by atoms with Crippen LogP contribution in [0.2, 0.25) is 0 Å². The maximum atomic E-state index is 13.0. The predicted octanol–water partition coefficient (Wildman–Crippen LogP) is 3.06. The third-order valence-electron chi connectivity index (χ3n) is 4.60. The van der Waals surface area contributed by atoms with Gasteiger partial charge in [0.15, 0.2) is 15.3 Å². The standard InChI is InChI=1S/C20H21N5O3S/c1-28-19-10-6-5-9-16(19)23-20-22-13-17-18(24-20)14-25(12-11-21-17)29(26,27)15-7-3-2-4-8-15/h2-10,13,21H,11-12,14H2,1H3,(H-,22,23,24,26,27). The molecule has 0 aliphatic carbocycles. The molecular weight excluding hydrogens is 390 g/mol. The molecule has 0 amide bonds. The van der Waals surface area contributed by atoms with Gasteiger partial charge in [0, 0.05) is 6.54 Å². The Balaban J connectivity index is 1.62. The maximum absolute atomic E-state index is 13.0. The number of sulfonamides is 1. The van der Waals surface area contributed by atoms with Gasteiger partial charge in [-0.3, -0.25) is 0 Å². The summed E-state index contributed by atoms with van der Waals surface area (Å²) < 4.78 is 32.8. The summed E-state index contributed by atoms with van der Waals surface area (Å²) in [6.07, 6.45) is 1.67. The smallest absolute Gasteiger partial charge is 0.227 e. The zero-order chi connectivity index (χ0) is 20.3. The summed E-state index contributed by atoms with van der Waals surface area (Å²) in [5.41, 5.74) is 2.06. The fraction of sp³-hybridized carbons (Fsp3) is 0.200. The Labute approximate surface area is 170 Å². The minimum absolute atomic E-state index is 0.155. The van der Waals surface area contributed by atoms with Crippen molar-refractivity contribution in [1.82, 2.24) is 14.3 Å². The molecule has 2 heterocycles. The van der Waals surface area contributed by atoms with Crippen molar-refractivity contribution in [2.75, 3.05) is 30.8 Å². The first-order valence-corrected chi connectivity index (χ1v) is 10.6. The molecule has 2 N–H and O–H groups in total. The first-order valence-electron chi connectivity index (χ1n) is 9.13. The van der Waals surface area contributed by atoms with Crippen LogP contribution >= 0.6 is 0 Å². The summed E-state index contributed by atoms with van der Waals surface area (Å²) in [5, 5.41) is 6.34. The first-order chi connectivity index (χ1) is 14.1. The van der Waals surface area contributed by atoms with E-state index >= 15 is 0 Å². The number of ether oxygens (including phenoxy) is 1. The van der Waals surface area contributed by atoms with Crippen molar-refractivity contribution in [2.24, 2.45) is 0 Å². The Morgan fingerprint density at radius 1 is 1.17 bits per heavy atom. The Kier molecular flexibility index (Phi) is 5.43. The van der Waals surface area contributed by atoms with Crippen molar-refractivity contribution < 1.29 is 13.5 Å². The van der Waals surface area contributed by atoms with E-state index in [0.29, 0.717) is 30.5 Å². The average molecular weight is 411 g/mol. The highest BCUT2D eigenvalue weighted by atomic mass is 32.3. The van der Waals surface area contributed by atoms with E-state index in [-0.39, 0.29) is 11.4 Å². The summed E-state index contributed by atoms with van der Waals surface area (Å²) in [7, 11) is -2.03. The summed E-state index contributed by atoms with van der Waals surface area (Å²) in [6, 6.07) is 15.9. The molecule has 1 unspecified atom stereocenters. The molecule has 0 spiro atoms. The minimum atomic E-state index is -3.62. The monoisotopic (exact) mass is 411 g/mol. The van der Waals surface area contributed by atoms with Gasteiger partial charge in [-0.2, -0.15) is 0 Å². The highest BCUT2D eigenvalue weighted by Gasteiger charge is 2.32. The molecule has 1 aliphatic heterocycles. The lowest BCUT2D eigenvalue weighted by atomic mass is 10.3. The number of aromatic nitrogens is 2. The van der Waals surface area contributed by atoms with Crippen LogP contribution in [-0.4, -0.2) is 39.0 Å². The van der Waals surface area contributed by atoms with Crippen LogP contribution < -0.4 is 15.4 Å². The van der Waals surface area contributed by atoms with E-state index < -0.39 is 10.4 Å². The molecule has 8 nitrogen and oxygen atoms in total. The molecule has 4 rings (SSSR count). The van der Waals surface area contributed by atoms with Crippen LogP contribution in [-0.2, 0) is 21.2 Å². The summed E-state index contributed by atoms with van der Waals surface area (Å²) in [4.78, 5) is 9.16. The second-order valence-corrected chi connectivity index (χ2v) is 8.40. The van der Waals surface area contributed by atoms with E-state index in [9.17, 15) is 8.76 Å². The van der Waals surface area contributed by atoms with E-state index in [1.165, 1.54) is 4.31 Å². The molecule has 0 saturated carbocycles. The van der Waals surface area contributed by atoms with Crippen LogP contribution in [0.15, 0.2) is 65.7 Å². The van der Waals surface area contributed by atoms with Gasteiger partial charge in [-0.25, -0.2) is 9.97 Å². The Bertz CT molecular complexity index is 1050. The molecule has 0 radical (unpaired) electrons. The number of rotatable bonds is 5. The SMILES string of the molecule is COc1ccccc1Nc1ncc2c(n1)CN([S+](=O)([O-])c1ccccc1)CCN2. The highest BCUT2D eigenvalue weighted by Crippen LogP contribution is 2.29. The topological polar surface area (TPSA) is 102 Å². The molecule has 0 bridgehead atoms. The number of nitrogens with one attached hydrogen (secondary N) is 2. The quantitative estimate of drug-likeness (QED) is 0.622. The van der Waals surface area contributed by atoms with Crippen molar-refractivity contribution >= 4 is 27.7 Å². The lowest BCUT2D eigenvalue weighted by molar-refractivity contribution is 0.358. The lowest BCUT2D eigenvalue weighted by Crippen LogP contribution is -2.37. The zero-order valence-electron chi connectivity index (χ0n) is 15.9. The third-order valence-corrected chi connectivity index (χ3v) is 6.46. The second kappa shape index (κ2) is 8.16. The van der Waals surface area contributed by atoms with Crippen molar-refractivity contribution in [1.29, 1.82) is 0 Å². The van der Waals surface area contributed by atoms with Crippen LogP contribution in [0.4, 0.5) is 17.3 Å². The number of anilines is 3. The van der Waals surface area contributed by atoms with E-state index in [1.54, 1.807) is 43.6 Å². The van der Waals surface area contributed by atoms with Crippen LogP contribution in [0.3, 0.4) is 0 Å². The van der Waals surface area contributed by atoms with Crippen molar-refractivity contribution in [3.05, 3.63) is 66.5 Å². The van der Waals surface area contributed by atoms with Crippen LogP contribution in [0.1, 0.15) is 5.69 Å². The molecule has 2 aromatic carbocycles. The van der Waals surface area contributed by atoms with Crippen molar-refractivity contribution in [3.8, 4) is 5.75 Å². The molecular formula is C20H21N5O3S. The molecule has 1 aromatic heterocycles. The van der Waals surface area contributed by atoms with Crippen LogP contribution in [0.25, 0.3) is 0 Å². The number of fused-ring (bicyclic) bond motifs is 1. The molecule has 0 saturated heterocycles. The van der Waals surface area contributed by atoms with Gasteiger partial charge in [-0.1, -0.05) is 34.5 Å². The van der Waals surface area contributed by atoms with Gasteiger partial charge < -0.3 is 19.9 Å². The molecule has 9 heteroatoms. The number of methoxy groups -OCH3 is 1. The first kappa shape index (κ1) is 19.3. The molecule has 1 aliphatic rings. The second-order valence-electron chi connectivity index (χ2n) is 6.46. The average Bonchev–Trinajstić information content (AvgIpc) is 2.97. The van der Waals surface area contributed by atoms with E-state index in [4.69, 9.17) is 4.74 Å². The van der Waals surface area contributed by atoms with Gasteiger partial charge in [0.2, 0.25) is 5.95 Å². The van der Waals surface area contributed by atoms with Gasteiger partial charge in [0.05, 0.1) is 43.5 Å². The fourth-order valence-electron chi connectivity index (χ4n) is 3.12. The summed E-state index contributed by atoms with van der Waals surface area (Å²) in [5.74, 6) is 1.03. The Morgan fingerprint density at radius 2 is 1.93 bits per heavy atom. The normalized spacial score (nSPS) is 16.1. The number of hydrogen-bond acceptors (Lipinski definition) is 7. The number of benzene rings is 2. The molecule has 29 heavy (non-hydrogen) atoms. The highest BCUT2D eigenvalue weighted by molar-refractivity contribution is 7.95. The van der Waals surface area contributed by atoms with Gasteiger partial charge >= 0.3 is 0 Å². The predicted molar refractivity (Wildman–Crippen MR) is 111 cm³/mol. The van der Waals surface area contributed by atoms with Crippen LogP contribution in [0.5, 0.6) is 5.75 Å². The van der Waals surface area contributed by atoms with Gasteiger partial charge in [0.1, 0.15) is 5.75 Å². The minimum Gasteiger partial charge on any atom is -0.593 e. The van der Waals surface area contributed by atoms with E-state index in [0.717, 1.165) is 11.4 Å². The van der Waals surface area contributed by atoms with E-state index in [2.05, 4.69) is 20.6 Å². The number of nitrogens with zero attached hydrogens (tertiary/aromatic N) is 3. The molecule has 150 valence electrons. The third kappa shape index (κ3) is 4.07. The number of hydrogen-bond donors (Lipinski definition) is 2. The molecule has 0 fully saturated rings. The van der Waals surface area contributed by atoms with Gasteiger partial charge in [-0.15, -0.1) is 4.31 Å². The summed E-state index contributed by atoms with van der Waals surface area (Å²) in [6.45, 7) is 0.966. The van der Waals surface area contributed by atoms with Gasteiger partial charge in [-0.05, 0) is 24.3 Å². The van der Waals surface area contributed by atoms with Crippen molar-refractivity contribution in [2.45, 2.75) is 11.4 Å². The Morgan fingerprint density at radius 3 is 2.72 bits per heavy atom. The van der Waals surface area contributed by atoms with E-state index in [1.807, 2.05) is 24.3 Å².